The average Bonchev–Trinajstić information content (AvgIpc) is 2.15. The van der Waals surface area contributed by atoms with Crippen LogP contribution in [0, 0.1) is 0 Å². The maximum Gasteiger partial charge on any atom is 0.151 e. The molecule has 1 aromatic carbocycles. The lowest BCUT2D eigenvalue weighted by Crippen LogP contribution is -2.30. The molecule has 5 heteroatoms. The molecule has 0 saturated carbocycles. The molecule has 0 fully saturated rings. The van der Waals surface area contributed by atoms with Crippen LogP contribution < -0.4 is 5.73 Å². The number of sulfone groups is 1. The molecule has 84 valence electrons. The lowest BCUT2D eigenvalue weighted by atomic mass is 10.1. The van der Waals surface area contributed by atoms with Crippen molar-refractivity contribution in [2.45, 2.75) is 18.2 Å². The molecule has 2 N–H and O–H groups in total. The molecule has 3 nitrogen and oxygen atoms in total. The Balaban J connectivity index is 2.95. The molecule has 0 saturated heterocycles. The molecule has 2 atom stereocenters. The maximum atomic E-state index is 11.3. The van der Waals surface area contributed by atoms with Crippen molar-refractivity contribution < 1.29 is 8.42 Å². The average molecular weight is 292 g/mol. The molecule has 0 spiro atoms. The van der Waals surface area contributed by atoms with Crippen molar-refractivity contribution in [2.75, 3.05) is 6.26 Å². The molecule has 0 aliphatic carbocycles. The Kier molecular flexibility index (Phi) is 3.92. The zero-order valence-electron chi connectivity index (χ0n) is 8.64. The summed E-state index contributed by atoms with van der Waals surface area (Å²) in [6.07, 6.45) is 1.20. The van der Waals surface area contributed by atoms with Gasteiger partial charge in [-0.2, -0.15) is 0 Å². The zero-order chi connectivity index (χ0) is 11.6. The first kappa shape index (κ1) is 12.7. The molecule has 0 amide bonds. The number of halogens is 1. The van der Waals surface area contributed by atoms with Crippen molar-refractivity contribution in [3.8, 4) is 0 Å². The van der Waals surface area contributed by atoms with Gasteiger partial charge in [0.05, 0.1) is 5.25 Å². The summed E-state index contributed by atoms with van der Waals surface area (Å²) >= 11 is 3.31. The van der Waals surface area contributed by atoms with E-state index in [4.69, 9.17) is 5.73 Å². The van der Waals surface area contributed by atoms with E-state index >= 15 is 0 Å². The van der Waals surface area contributed by atoms with Crippen molar-refractivity contribution in [3.63, 3.8) is 0 Å². The van der Waals surface area contributed by atoms with Crippen molar-refractivity contribution >= 4 is 25.8 Å². The third kappa shape index (κ3) is 3.29. The highest BCUT2D eigenvalue weighted by atomic mass is 79.9. The lowest BCUT2D eigenvalue weighted by molar-refractivity contribution is 0.571. The minimum absolute atomic E-state index is 0.479. The SMILES string of the molecule is C[C@@H]([C@@H](N)c1ccc(Br)cc1)S(C)(=O)=O. The number of hydrogen-bond donors (Lipinski definition) is 1. The molecule has 0 aliphatic heterocycles. The highest BCUT2D eigenvalue weighted by Gasteiger charge is 2.23. The van der Waals surface area contributed by atoms with E-state index in [1.54, 1.807) is 6.92 Å². The van der Waals surface area contributed by atoms with Gasteiger partial charge in [0.15, 0.2) is 9.84 Å². The Morgan fingerprint density at radius 3 is 2.13 bits per heavy atom. The van der Waals surface area contributed by atoms with Crippen LogP contribution in [0.3, 0.4) is 0 Å². The van der Waals surface area contributed by atoms with E-state index in [1.807, 2.05) is 24.3 Å². The van der Waals surface area contributed by atoms with Crippen molar-refractivity contribution in [3.05, 3.63) is 34.3 Å². The van der Waals surface area contributed by atoms with Crippen LogP contribution in [-0.4, -0.2) is 19.9 Å². The van der Waals surface area contributed by atoms with Crippen LogP contribution in [0.4, 0.5) is 0 Å². The van der Waals surface area contributed by atoms with E-state index in [2.05, 4.69) is 15.9 Å². The second-order valence-corrected chi connectivity index (χ2v) is 6.93. The summed E-state index contributed by atoms with van der Waals surface area (Å²) in [7, 11) is -3.10. The molecular formula is C10H14BrNO2S. The van der Waals surface area contributed by atoms with Crippen molar-refractivity contribution in [1.29, 1.82) is 0 Å². The Morgan fingerprint density at radius 1 is 1.27 bits per heavy atom. The van der Waals surface area contributed by atoms with Gasteiger partial charge in [0, 0.05) is 16.8 Å². The molecule has 0 heterocycles. The predicted octanol–water partition coefficient (Wildman–Crippen LogP) is 1.88. The smallest absolute Gasteiger partial charge is 0.151 e. The van der Waals surface area contributed by atoms with Crippen molar-refractivity contribution in [1.82, 2.24) is 0 Å². The highest BCUT2D eigenvalue weighted by Crippen LogP contribution is 2.21. The number of rotatable bonds is 3. The van der Waals surface area contributed by atoms with Crippen LogP contribution >= 0.6 is 15.9 Å². The fraction of sp³-hybridized carbons (Fsp3) is 0.400. The third-order valence-corrected chi connectivity index (χ3v) is 4.61. The van der Waals surface area contributed by atoms with Crippen LogP contribution in [-0.2, 0) is 9.84 Å². The zero-order valence-corrected chi connectivity index (χ0v) is 11.0. The fourth-order valence-electron chi connectivity index (χ4n) is 1.22. The monoisotopic (exact) mass is 291 g/mol. The minimum Gasteiger partial charge on any atom is -0.323 e. The van der Waals surface area contributed by atoms with E-state index in [9.17, 15) is 8.42 Å². The number of hydrogen-bond acceptors (Lipinski definition) is 3. The van der Waals surface area contributed by atoms with Gasteiger partial charge in [-0.1, -0.05) is 28.1 Å². The first-order chi connectivity index (χ1) is 6.82. The Labute approximate surface area is 98.7 Å². The van der Waals surface area contributed by atoms with E-state index in [0.29, 0.717) is 0 Å². The second kappa shape index (κ2) is 4.63. The first-order valence-electron chi connectivity index (χ1n) is 4.52. The molecule has 15 heavy (non-hydrogen) atoms. The van der Waals surface area contributed by atoms with Crippen LogP contribution in [0.15, 0.2) is 28.7 Å². The number of benzene rings is 1. The lowest BCUT2D eigenvalue weighted by Gasteiger charge is -2.18. The van der Waals surface area contributed by atoms with Crippen LogP contribution in [0.25, 0.3) is 0 Å². The Morgan fingerprint density at radius 2 is 1.73 bits per heavy atom. The summed E-state index contributed by atoms with van der Waals surface area (Å²) in [6.45, 7) is 1.63. The van der Waals surface area contributed by atoms with Gasteiger partial charge in [-0.05, 0) is 24.6 Å². The Hall–Kier alpha value is -0.390. The number of nitrogens with two attached hydrogens (primary N) is 1. The second-order valence-electron chi connectivity index (χ2n) is 3.61. The summed E-state index contributed by atoms with van der Waals surface area (Å²) < 4.78 is 23.6. The summed E-state index contributed by atoms with van der Waals surface area (Å²) in [5.41, 5.74) is 6.71. The van der Waals surface area contributed by atoms with E-state index < -0.39 is 21.1 Å². The van der Waals surface area contributed by atoms with Crippen LogP contribution in [0.5, 0.6) is 0 Å². The molecule has 0 aliphatic rings. The van der Waals surface area contributed by atoms with E-state index in [-0.39, 0.29) is 0 Å². The highest BCUT2D eigenvalue weighted by molar-refractivity contribution is 9.10. The topological polar surface area (TPSA) is 60.2 Å². The molecule has 0 radical (unpaired) electrons. The molecule has 0 unspecified atom stereocenters. The minimum atomic E-state index is -3.10. The normalized spacial score (nSPS) is 16.0. The quantitative estimate of drug-likeness (QED) is 0.925. The summed E-state index contributed by atoms with van der Waals surface area (Å²) in [6, 6.07) is 6.88. The maximum absolute atomic E-state index is 11.3. The van der Waals surface area contributed by atoms with Gasteiger partial charge in [0.1, 0.15) is 0 Å². The van der Waals surface area contributed by atoms with Crippen molar-refractivity contribution in [2.24, 2.45) is 5.73 Å². The summed E-state index contributed by atoms with van der Waals surface area (Å²) in [4.78, 5) is 0. The van der Waals surface area contributed by atoms with E-state index in [1.165, 1.54) is 6.26 Å². The molecule has 1 rings (SSSR count). The summed E-state index contributed by atoms with van der Waals surface area (Å²) in [5, 5.41) is -0.571. The van der Waals surface area contributed by atoms with Gasteiger partial charge >= 0.3 is 0 Å². The van der Waals surface area contributed by atoms with E-state index in [0.717, 1.165) is 10.0 Å². The van der Waals surface area contributed by atoms with Gasteiger partial charge in [0.2, 0.25) is 0 Å². The first-order valence-corrected chi connectivity index (χ1v) is 7.27. The Bertz CT molecular complexity index is 427. The largest absolute Gasteiger partial charge is 0.323 e. The van der Waals surface area contributed by atoms with Gasteiger partial charge in [-0.15, -0.1) is 0 Å². The van der Waals surface area contributed by atoms with Gasteiger partial charge in [-0.25, -0.2) is 8.42 Å². The molecular weight excluding hydrogens is 278 g/mol. The molecule has 1 aromatic rings. The third-order valence-electron chi connectivity index (χ3n) is 2.44. The fourth-order valence-corrected chi connectivity index (χ4v) is 2.18. The predicted molar refractivity (Wildman–Crippen MR) is 65.4 cm³/mol. The summed E-state index contributed by atoms with van der Waals surface area (Å²) in [5.74, 6) is 0. The standard InChI is InChI=1S/C10H14BrNO2S/c1-7(15(2,13)14)10(12)8-3-5-9(11)6-4-8/h3-7,10H,12H2,1-2H3/t7-,10+/m0/s1. The van der Waals surface area contributed by atoms with Crippen LogP contribution in [0.1, 0.15) is 18.5 Å². The van der Waals surface area contributed by atoms with Gasteiger partial charge in [-0.3, -0.25) is 0 Å². The van der Waals surface area contributed by atoms with Crippen LogP contribution in [0.2, 0.25) is 0 Å². The van der Waals surface area contributed by atoms with Gasteiger partial charge < -0.3 is 5.73 Å². The molecule has 0 bridgehead atoms. The van der Waals surface area contributed by atoms with Gasteiger partial charge in [0.25, 0.3) is 0 Å². The molecule has 0 aromatic heterocycles.